The summed E-state index contributed by atoms with van der Waals surface area (Å²) in [4.78, 5) is 23.5. The number of esters is 1. The predicted molar refractivity (Wildman–Crippen MR) is 71.7 cm³/mol. The molecule has 5 nitrogen and oxygen atoms in total. The van der Waals surface area contributed by atoms with E-state index in [0.717, 1.165) is 12.8 Å². The number of carbonyl (C=O) groups excluding carboxylic acids is 2. The second-order valence-corrected chi connectivity index (χ2v) is 5.08. The zero-order chi connectivity index (χ0) is 14.0. The molecule has 1 saturated carbocycles. The highest BCUT2D eigenvalue weighted by atomic mass is 16.5. The molecule has 1 aliphatic carbocycles. The van der Waals surface area contributed by atoms with Crippen LogP contribution in [-0.2, 0) is 9.53 Å². The lowest BCUT2D eigenvalue weighted by Crippen LogP contribution is -2.50. The SMILES string of the molecule is COC(=O)c1cccc(NC(=O)C(C)(N)C2CC2)c1. The number of hydrogen-bond acceptors (Lipinski definition) is 4. The second-order valence-electron chi connectivity index (χ2n) is 5.08. The Balaban J connectivity index is 2.10. The summed E-state index contributed by atoms with van der Waals surface area (Å²) >= 11 is 0. The van der Waals surface area contributed by atoms with Crippen LogP contribution in [0.1, 0.15) is 30.1 Å². The first-order valence-electron chi connectivity index (χ1n) is 6.24. The molecular weight excluding hydrogens is 244 g/mol. The highest BCUT2D eigenvalue weighted by Gasteiger charge is 2.44. The van der Waals surface area contributed by atoms with Crippen molar-refractivity contribution < 1.29 is 14.3 Å². The van der Waals surface area contributed by atoms with Crippen molar-refractivity contribution in [1.82, 2.24) is 0 Å². The molecule has 1 unspecified atom stereocenters. The van der Waals surface area contributed by atoms with Crippen LogP contribution in [0, 0.1) is 5.92 Å². The van der Waals surface area contributed by atoms with E-state index in [1.807, 2.05) is 0 Å². The van der Waals surface area contributed by atoms with Crippen molar-refractivity contribution >= 4 is 17.6 Å². The van der Waals surface area contributed by atoms with Crippen LogP contribution in [0.2, 0.25) is 0 Å². The predicted octanol–water partition coefficient (Wildman–Crippen LogP) is 1.54. The van der Waals surface area contributed by atoms with Crippen molar-refractivity contribution in [1.29, 1.82) is 0 Å². The van der Waals surface area contributed by atoms with Crippen molar-refractivity contribution in [2.75, 3.05) is 12.4 Å². The number of nitrogens with one attached hydrogen (secondary N) is 1. The number of nitrogens with two attached hydrogens (primary N) is 1. The van der Waals surface area contributed by atoms with Gasteiger partial charge in [-0.3, -0.25) is 4.79 Å². The Hall–Kier alpha value is -1.88. The van der Waals surface area contributed by atoms with Crippen molar-refractivity contribution in [3.05, 3.63) is 29.8 Å². The number of ether oxygens (including phenoxy) is 1. The minimum Gasteiger partial charge on any atom is -0.465 e. The molecule has 3 N–H and O–H groups in total. The van der Waals surface area contributed by atoms with Gasteiger partial charge in [0, 0.05) is 5.69 Å². The van der Waals surface area contributed by atoms with Crippen molar-refractivity contribution in [3.8, 4) is 0 Å². The molecule has 0 spiro atoms. The average molecular weight is 262 g/mol. The third-order valence-electron chi connectivity index (χ3n) is 3.46. The molecule has 0 aliphatic heterocycles. The standard InChI is InChI=1S/C14H18N2O3/c1-14(15,10-6-7-10)13(18)16-11-5-3-4-9(8-11)12(17)19-2/h3-5,8,10H,6-7,15H2,1-2H3,(H,16,18). The van der Waals surface area contributed by atoms with Crippen LogP contribution in [0.3, 0.4) is 0 Å². The number of anilines is 1. The molecule has 2 rings (SSSR count). The molecule has 0 aromatic heterocycles. The highest BCUT2D eigenvalue weighted by Crippen LogP contribution is 2.38. The van der Waals surface area contributed by atoms with Crippen LogP contribution in [0.15, 0.2) is 24.3 Å². The van der Waals surface area contributed by atoms with E-state index in [2.05, 4.69) is 10.1 Å². The van der Waals surface area contributed by atoms with Crippen LogP contribution in [-0.4, -0.2) is 24.5 Å². The van der Waals surface area contributed by atoms with Crippen LogP contribution >= 0.6 is 0 Å². The minimum atomic E-state index is -0.860. The van der Waals surface area contributed by atoms with Gasteiger partial charge in [-0.2, -0.15) is 0 Å². The quantitative estimate of drug-likeness (QED) is 0.806. The lowest BCUT2D eigenvalue weighted by molar-refractivity contribution is -0.121. The molecule has 1 amide bonds. The fraction of sp³-hybridized carbons (Fsp3) is 0.429. The van der Waals surface area contributed by atoms with E-state index in [-0.39, 0.29) is 11.8 Å². The first-order chi connectivity index (χ1) is 8.95. The van der Waals surface area contributed by atoms with Crippen molar-refractivity contribution in [2.45, 2.75) is 25.3 Å². The molecule has 0 bridgehead atoms. The van der Waals surface area contributed by atoms with Gasteiger partial charge in [-0.1, -0.05) is 6.07 Å². The monoisotopic (exact) mass is 262 g/mol. The van der Waals surface area contributed by atoms with Gasteiger partial charge in [0.05, 0.1) is 18.2 Å². The van der Waals surface area contributed by atoms with Gasteiger partial charge in [0.1, 0.15) is 0 Å². The molecular formula is C14H18N2O3. The minimum absolute atomic E-state index is 0.225. The summed E-state index contributed by atoms with van der Waals surface area (Å²) in [5.41, 5.74) is 6.11. The molecule has 1 aliphatic rings. The topological polar surface area (TPSA) is 81.4 Å². The fourth-order valence-corrected chi connectivity index (χ4v) is 1.98. The largest absolute Gasteiger partial charge is 0.465 e. The summed E-state index contributed by atoms with van der Waals surface area (Å²) in [5.74, 6) is -0.415. The molecule has 1 aromatic carbocycles. The molecule has 102 valence electrons. The molecule has 19 heavy (non-hydrogen) atoms. The van der Waals surface area contributed by atoms with Crippen molar-refractivity contribution in [2.24, 2.45) is 11.7 Å². The summed E-state index contributed by atoms with van der Waals surface area (Å²) in [5, 5.41) is 2.75. The van der Waals surface area contributed by atoms with Gasteiger partial charge in [-0.15, -0.1) is 0 Å². The third kappa shape index (κ3) is 2.93. The summed E-state index contributed by atoms with van der Waals surface area (Å²) in [6, 6.07) is 6.61. The van der Waals surface area contributed by atoms with Gasteiger partial charge >= 0.3 is 5.97 Å². The van der Waals surface area contributed by atoms with Crippen molar-refractivity contribution in [3.63, 3.8) is 0 Å². The Bertz CT molecular complexity index is 507. The highest BCUT2D eigenvalue weighted by molar-refractivity contribution is 5.99. The maximum absolute atomic E-state index is 12.1. The van der Waals surface area contributed by atoms with Gasteiger partial charge in [0.15, 0.2) is 0 Å². The maximum atomic E-state index is 12.1. The Morgan fingerprint density at radius 2 is 2.11 bits per heavy atom. The fourth-order valence-electron chi connectivity index (χ4n) is 1.98. The van der Waals surface area contributed by atoms with E-state index in [1.54, 1.807) is 31.2 Å². The van der Waals surface area contributed by atoms with Gasteiger partial charge in [-0.25, -0.2) is 4.79 Å². The van der Waals surface area contributed by atoms with E-state index in [4.69, 9.17) is 5.73 Å². The molecule has 1 atom stereocenters. The summed E-state index contributed by atoms with van der Waals surface area (Å²) in [7, 11) is 1.32. The van der Waals surface area contributed by atoms with Crippen LogP contribution in [0.25, 0.3) is 0 Å². The van der Waals surface area contributed by atoms with E-state index >= 15 is 0 Å². The summed E-state index contributed by atoms with van der Waals surface area (Å²) < 4.78 is 4.64. The van der Waals surface area contributed by atoms with Gasteiger partial charge < -0.3 is 15.8 Å². The molecule has 1 aromatic rings. The Labute approximate surface area is 112 Å². The Morgan fingerprint density at radius 3 is 2.68 bits per heavy atom. The number of carbonyl (C=O) groups is 2. The average Bonchev–Trinajstić information content (AvgIpc) is 3.22. The van der Waals surface area contributed by atoms with E-state index in [0.29, 0.717) is 11.3 Å². The molecule has 1 fully saturated rings. The number of amides is 1. The Morgan fingerprint density at radius 1 is 1.42 bits per heavy atom. The smallest absolute Gasteiger partial charge is 0.337 e. The molecule has 0 heterocycles. The lowest BCUT2D eigenvalue weighted by Gasteiger charge is -2.23. The number of hydrogen-bond donors (Lipinski definition) is 2. The normalized spacial score (nSPS) is 17.4. The first kappa shape index (κ1) is 13.5. The third-order valence-corrected chi connectivity index (χ3v) is 3.46. The van der Waals surface area contributed by atoms with E-state index < -0.39 is 11.5 Å². The van der Waals surface area contributed by atoms with Crippen LogP contribution < -0.4 is 11.1 Å². The van der Waals surface area contributed by atoms with Gasteiger partial charge in [0.25, 0.3) is 0 Å². The molecule has 5 heteroatoms. The van der Waals surface area contributed by atoms with Crippen LogP contribution in [0.5, 0.6) is 0 Å². The van der Waals surface area contributed by atoms with Gasteiger partial charge in [0.2, 0.25) is 5.91 Å². The molecule has 0 saturated heterocycles. The Kier molecular flexibility index (Phi) is 3.57. The second kappa shape index (κ2) is 5.01. The van der Waals surface area contributed by atoms with Gasteiger partial charge in [-0.05, 0) is 43.9 Å². The molecule has 0 radical (unpaired) electrons. The maximum Gasteiger partial charge on any atom is 0.337 e. The van der Waals surface area contributed by atoms with Crippen LogP contribution in [0.4, 0.5) is 5.69 Å². The number of methoxy groups -OCH3 is 1. The van der Waals surface area contributed by atoms with E-state index in [1.165, 1.54) is 7.11 Å². The summed E-state index contributed by atoms with van der Waals surface area (Å²) in [6.45, 7) is 1.74. The first-order valence-corrected chi connectivity index (χ1v) is 6.24. The van der Waals surface area contributed by atoms with E-state index in [9.17, 15) is 9.59 Å². The summed E-state index contributed by atoms with van der Waals surface area (Å²) in [6.07, 6.45) is 1.98. The number of benzene rings is 1. The lowest BCUT2D eigenvalue weighted by atomic mass is 9.96. The zero-order valence-corrected chi connectivity index (χ0v) is 11.1. The number of rotatable bonds is 4. The zero-order valence-electron chi connectivity index (χ0n) is 11.1.